The van der Waals surface area contributed by atoms with Crippen LogP contribution in [0.15, 0.2) is 60.8 Å². The van der Waals surface area contributed by atoms with Gasteiger partial charge in [-0.1, -0.05) is 73.4 Å². The van der Waals surface area contributed by atoms with E-state index in [1.165, 1.54) is 0 Å². The predicted molar refractivity (Wildman–Crippen MR) is 469 cm³/mol. The summed E-state index contributed by atoms with van der Waals surface area (Å²) in [5.41, 5.74) is 2.06. The number of hydrogen-bond donors (Lipinski definition) is 0. The lowest BCUT2D eigenvalue weighted by Crippen LogP contribution is -2.60. The summed E-state index contributed by atoms with van der Waals surface area (Å²) < 4.78 is 94.8. The molecule has 0 aliphatic rings. The summed E-state index contributed by atoms with van der Waals surface area (Å²) in [7, 11) is -29.3. The number of hydrogen-bond acceptors (Lipinski definition) is 20. The van der Waals surface area contributed by atoms with Crippen molar-refractivity contribution >= 4 is 139 Å². The molecule has 0 saturated heterocycles. The van der Waals surface area contributed by atoms with Gasteiger partial charge in [-0.05, 0) is 292 Å². The van der Waals surface area contributed by atoms with Crippen LogP contribution in [0.4, 0.5) is 0 Å². The van der Waals surface area contributed by atoms with E-state index in [0.29, 0.717) is 66.8 Å². The molecule has 0 aliphatic carbocycles. The maximum atomic E-state index is 12.1. The molecule has 0 fully saturated rings. The summed E-state index contributed by atoms with van der Waals surface area (Å²) in [4.78, 5) is 58.7. The number of esters is 5. The second-order valence-electron chi connectivity index (χ2n) is 34.9. The molecule has 0 aromatic carbocycles. The van der Waals surface area contributed by atoms with Crippen molar-refractivity contribution in [2.24, 2.45) is 0 Å². The van der Waals surface area contributed by atoms with Gasteiger partial charge in [0, 0.05) is 27.9 Å². The van der Waals surface area contributed by atoms with Crippen LogP contribution in [0.1, 0.15) is 114 Å². The molecule has 0 rings (SSSR count). The highest BCUT2D eigenvalue weighted by molar-refractivity contribution is 6.92. The van der Waals surface area contributed by atoms with Gasteiger partial charge in [0.1, 0.15) is 6.29 Å². The smallest absolute Gasteiger partial charge is 0.333 e. The van der Waals surface area contributed by atoms with Crippen LogP contribution in [-0.4, -0.2) is 179 Å². The highest BCUT2D eigenvalue weighted by Gasteiger charge is 2.49. The zero-order valence-corrected chi connectivity index (χ0v) is 84.0. The molecule has 0 aliphatic heterocycles. The van der Waals surface area contributed by atoms with Crippen molar-refractivity contribution in [1.29, 1.82) is 0 Å². The Bertz CT molecular complexity index is 2720. The van der Waals surface area contributed by atoms with Gasteiger partial charge in [-0.3, -0.25) is 0 Å². The van der Waals surface area contributed by atoms with E-state index in [-0.39, 0.29) is 45.3 Å². The van der Waals surface area contributed by atoms with Gasteiger partial charge in [-0.15, -0.1) is 0 Å². The van der Waals surface area contributed by atoms with Gasteiger partial charge in [0.15, 0.2) is 66.5 Å². The zero-order valence-electron chi connectivity index (χ0n) is 71.0. The van der Waals surface area contributed by atoms with E-state index in [4.69, 9.17) is 65.5 Å². The summed E-state index contributed by atoms with van der Waals surface area (Å²) in [5, 5.41) is 0. The maximum absolute atomic E-state index is 12.1. The Morgan fingerprint density at radius 2 is 0.429 bits per heavy atom. The highest BCUT2D eigenvalue weighted by atomic mass is 28.5. The third-order valence-electron chi connectivity index (χ3n) is 16.1. The standard InChI is InChI=1S/C38H80O11Si7.C32H70O9Si6.2CH4/c1-33(2)36(39)42-25-20-22-28-50(7,8)45-52(11,12)31-32-53(13,14)47-55(17,18)49-56(19,30-24-27-44-38(41)35(5)6)48-54(15,16)46-51(9,10)29-23-21-26-43-37(40)34(3)4;1-28(2)31(33)35-22-18-20-24-42(6,7)39-44(10,11)26-27-45(12,13)41-47(16,17)38-30(5)37-46(14,15)40-43(8,9)25-21-19-23-36-32(34)29(3)4;;/h1,3,5,20-32H2,2,4,6-19H3;30H,1,3,18-27H2,2,4-17H3;2*1H4. The van der Waals surface area contributed by atoms with E-state index in [2.05, 4.69) is 197 Å². The van der Waals surface area contributed by atoms with Crippen LogP contribution in [0.5, 0.6) is 0 Å². The quantitative estimate of drug-likeness (QED) is 0.0138. The lowest BCUT2D eigenvalue weighted by molar-refractivity contribution is -0.139. The van der Waals surface area contributed by atoms with Crippen LogP contribution in [0.3, 0.4) is 0 Å². The first-order chi connectivity index (χ1) is 46.3. The van der Waals surface area contributed by atoms with Crippen LogP contribution in [0.2, 0.25) is 218 Å². The molecule has 0 heterocycles. The van der Waals surface area contributed by atoms with Crippen molar-refractivity contribution in [3.8, 4) is 0 Å². The van der Waals surface area contributed by atoms with Crippen molar-refractivity contribution in [3.63, 3.8) is 0 Å². The second-order valence-corrected chi connectivity index (χ2v) is 88.1. The minimum Gasteiger partial charge on any atom is -0.462 e. The average molecular weight is 1710 g/mol. The highest BCUT2D eigenvalue weighted by Crippen LogP contribution is 2.35. The van der Waals surface area contributed by atoms with Gasteiger partial charge in [0.25, 0.3) is 0 Å². The summed E-state index contributed by atoms with van der Waals surface area (Å²) in [6.45, 7) is 85.7. The van der Waals surface area contributed by atoms with E-state index < -0.39 is 122 Å². The fourth-order valence-corrected chi connectivity index (χ4v) is 76.6. The molecule has 0 saturated carbocycles. The number of carbonyl (C=O) groups excluding carboxylic acids is 5. The van der Waals surface area contributed by atoms with Crippen molar-refractivity contribution in [3.05, 3.63) is 60.8 Å². The molecule has 0 aromatic heterocycles. The van der Waals surface area contributed by atoms with Crippen molar-refractivity contribution in [1.82, 2.24) is 0 Å². The SMILES string of the molecule is C.C.C=C(C)C(=O)OCCCC[Si](C)(C)O[Si](C)(C)CC[Si](C)(C)O[Si](C)(C)OC(C)O[Si](C)(C)O[Si](C)(C)CCCCOC(=O)C(=C)C.C=C(C)C(=O)OCCCC[Si](C)(C)O[Si](C)(C)CC[Si](C)(C)O[Si](C)(C)O[Si](C)(CCCOC(=O)C(=C)C)O[Si](C)(C)O[Si](C)(C)CCCCOC(=O)C(=C)C. The van der Waals surface area contributed by atoms with Gasteiger partial charge < -0.3 is 65.5 Å². The molecule has 0 aromatic rings. The first-order valence-corrected chi connectivity index (χ1v) is 76.1. The Labute approximate surface area is 656 Å². The van der Waals surface area contributed by atoms with E-state index in [0.717, 1.165) is 99.7 Å². The Morgan fingerprint density at radius 1 is 0.248 bits per heavy atom. The number of unbranched alkanes of at least 4 members (excludes halogenated alkanes) is 4. The fourth-order valence-electron chi connectivity index (χ4n) is 12.3. The molecule has 2 unspecified atom stereocenters. The summed E-state index contributed by atoms with van der Waals surface area (Å²) in [6, 6.07) is 8.62. The van der Waals surface area contributed by atoms with Gasteiger partial charge in [0.2, 0.25) is 0 Å². The Kier molecular flexibility index (Phi) is 50.7. The van der Waals surface area contributed by atoms with E-state index in [9.17, 15) is 24.0 Å². The van der Waals surface area contributed by atoms with Crippen LogP contribution in [-0.2, 0) is 89.4 Å². The number of ether oxygens (including phenoxy) is 5. The Morgan fingerprint density at radius 3 is 0.648 bits per heavy atom. The molecular weight excluding hydrogens is 1550 g/mol. The van der Waals surface area contributed by atoms with Gasteiger partial charge in [0.05, 0.1) is 33.0 Å². The second kappa shape index (κ2) is 48.5. The predicted octanol–water partition coefficient (Wildman–Crippen LogP) is 21.4. The molecule has 33 heteroatoms. The zero-order chi connectivity index (χ0) is 80.7. The normalized spacial score (nSPS) is 13.9. The molecule has 0 spiro atoms. The Hall–Kier alpha value is -1.53. The van der Waals surface area contributed by atoms with E-state index in [1.54, 1.807) is 34.6 Å². The topological polar surface area (TPSA) is 224 Å². The summed E-state index contributed by atoms with van der Waals surface area (Å²) >= 11 is 0. The van der Waals surface area contributed by atoms with Crippen LogP contribution >= 0.6 is 0 Å². The number of carbonyl (C=O) groups is 5. The first-order valence-electron chi connectivity index (χ1n) is 37.4. The lowest BCUT2D eigenvalue weighted by atomic mass is 10.3. The molecule has 0 N–H and O–H groups in total. The maximum Gasteiger partial charge on any atom is 0.333 e. The van der Waals surface area contributed by atoms with E-state index in [1.807, 2.05) is 6.92 Å². The molecule has 0 radical (unpaired) electrons. The molecule has 105 heavy (non-hydrogen) atoms. The Balaban J connectivity index is -0.000000967. The van der Waals surface area contributed by atoms with Crippen molar-refractivity contribution in [2.45, 2.75) is 339 Å². The summed E-state index contributed by atoms with van der Waals surface area (Å²) in [6.07, 6.45) is 7.20. The van der Waals surface area contributed by atoms with Gasteiger partial charge in [-0.2, -0.15) is 0 Å². The largest absolute Gasteiger partial charge is 0.462 e. The minimum atomic E-state index is -2.91. The van der Waals surface area contributed by atoms with Crippen LogP contribution in [0, 0.1) is 0 Å². The fraction of sp³-hybridized carbons (Fsp3) is 0.792. The molecule has 0 amide bonds. The van der Waals surface area contributed by atoms with E-state index >= 15 is 0 Å². The molecule has 0 bridgehead atoms. The molecule has 2 atom stereocenters. The third-order valence-corrected chi connectivity index (χ3v) is 65.1. The monoisotopic (exact) mass is 1710 g/mol. The lowest BCUT2D eigenvalue weighted by Gasteiger charge is -2.44. The third kappa shape index (κ3) is 57.2. The molecular formula is C72H158O20Si13. The van der Waals surface area contributed by atoms with Gasteiger partial charge in [-0.25, -0.2) is 24.0 Å². The van der Waals surface area contributed by atoms with Crippen molar-refractivity contribution < 1.29 is 89.4 Å². The van der Waals surface area contributed by atoms with Crippen molar-refractivity contribution in [2.75, 3.05) is 33.0 Å². The first kappa shape index (κ1) is 110. The minimum absolute atomic E-state index is 0. The number of rotatable bonds is 55. The van der Waals surface area contributed by atoms with Crippen LogP contribution in [0.25, 0.3) is 0 Å². The van der Waals surface area contributed by atoms with Crippen LogP contribution < -0.4 is 0 Å². The molecule has 618 valence electrons. The average Bonchev–Trinajstić information content (AvgIpc) is 0.808. The molecule has 20 nitrogen and oxygen atoms in total. The summed E-state index contributed by atoms with van der Waals surface area (Å²) in [5.74, 6) is -1.73. The van der Waals surface area contributed by atoms with Gasteiger partial charge >= 0.3 is 72.7 Å².